The van der Waals surface area contributed by atoms with Crippen LogP contribution in [0, 0.1) is 11.3 Å². The molecule has 40 heavy (non-hydrogen) atoms. The van der Waals surface area contributed by atoms with Crippen LogP contribution in [-0.4, -0.2) is 43.7 Å². The molecule has 0 amide bonds. The second-order valence-electron chi connectivity index (χ2n) is 13.0. The van der Waals surface area contributed by atoms with Crippen LogP contribution in [0.5, 0.6) is 0 Å². The first-order valence-electron chi connectivity index (χ1n) is 14.3. The zero-order chi connectivity index (χ0) is 29.0. The summed E-state index contributed by atoms with van der Waals surface area (Å²) in [5, 5.41) is 2.47. The van der Waals surface area contributed by atoms with E-state index in [9.17, 15) is 4.79 Å². The first kappa shape index (κ1) is 30.0. The molecular formula is C35H45NO3Si. The van der Waals surface area contributed by atoms with Gasteiger partial charge in [0, 0.05) is 6.54 Å². The molecule has 4 rings (SSSR count). The van der Waals surface area contributed by atoms with Crippen LogP contribution in [0.15, 0.2) is 104 Å². The van der Waals surface area contributed by atoms with Crippen molar-refractivity contribution in [2.45, 2.75) is 71.7 Å². The molecule has 0 N–H and O–H groups in total. The van der Waals surface area contributed by atoms with Crippen LogP contribution in [0.2, 0.25) is 0 Å². The number of carbonyl (C=O) groups excluding carboxylic acids is 1. The van der Waals surface area contributed by atoms with Gasteiger partial charge >= 0.3 is 5.97 Å². The minimum Gasteiger partial charge on any atom is -0.459 e. The van der Waals surface area contributed by atoms with E-state index in [4.69, 9.17) is 9.16 Å². The van der Waals surface area contributed by atoms with Gasteiger partial charge in [0.1, 0.15) is 11.6 Å². The summed E-state index contributed by atoms with van der Waals surface area (Å²) in [7, 11) is -2.03. The molecule has 0 saturated carbocycles. The van der Waals surface area contributed by atoms with E-state index in [1.807, 2.05) is 39.0 Å². The fourth-order valence-corrected chi connectivity index (χ4v) is 8.49. The predicted octanol–water partition coefficient (Wildman–Crippen LogP) is 5.74. The van der Waals surface area contributed by atoms with Gasteiger partial charge in [-0.1, -0.05) is 118 Å². The largest absolute Gasteiger partial charge is 0.459 e. The minimum absolute atomic E-state index is 0.0974. The Bertz CT molecular complexity index is 1210. The van der Waals surface area contributed by atoms with Gasteiger partial charge in [0.15, 0.2) is 0 Å². The first-order chi connectivity index (χ1) is 18.9. The summed E-state index contributed by atoms with van der Waals surface area (Å²) in [6.07, 6.45) is 2.74. The van der Waals surface area contributed by atoms with Gasteiger partial charge in [-0.05, 0) is 54.5 Å². The average molecular weight is 556 g/mol. The van der Waals surface area contributed by atoms with Crippen LogP contribution in [0.1, 0.15) is 53.5 Å². The van der Waals surface area contributed by atoms with E-state index in [1.165, 1.54) is 10.4 Å². The lowest BCUT2D eigenvalue weighted by Crippen LogP contribution is -2.58. The maximum Gasteiger partial charge on any atom is 0.323 e. The molecule has 0 radical (unpaired) electrons. The van der Waals surface area contributed by atoms with Crippen molar-refractivity contribution in [3.8, 4) is 0 Å². The Balaban J connectivity index is 1.78. The number of hydrogen-bond donors (Lipinski definition) is 0. The molecule has 1 saturated heterocycles. The zero-order valence-corrected chi connectivity index (χ0v) is 26.1. The summed E-state index contributed by atoms with van der Waals surface area (Å²) < 4.78 is 13.1. The van der Waals surface area contributed by atoms with Crippen molar-refractivity contribution >= 4 is 25.4 Å². The third-order valence-electron chi connectivity index (χ3n) is 7.93. The van der Waals surface area contributed by atoms with Crippen LogP contribution in [-0.2, 0) is 20.5 Å². The summed E-state index contributed by atoms with van der Waals surface area (Å²) in [6.45, 7) is 18.0. The Hall–Kier alpha value is -2.99. The molecule has 0 unspecified atom stereocenters. The number of benzene rings is 3. The third kappa shape index (κ3) is 6.83. The minimum atomic E-state index is -2.03. The molecule has 0 bridgehead atoms. The van der Waals surface area contributed by atoms with Crippen molar-refractivity contribution in [2.75, 3.05) is 6.61 Å². The Morgan fingerprint density at radius 2 is 1.40 bits per heavy atom. The number of carbonyl (C=O) groups is 1. The van der Waals surface area contributed by atoms with E-state index in [2.05, 4.69) is 111 Å². The molecule has 1 aliphatic heterocycles. The lowest BCUT2D eigenvalue weighted by molar-refractivity contribution is -0.162. The Morgan fingerprint density at radius 3 is 1.85 bits per heavy atom. The fourth-order valence-electron chi connectivity index (χ4n) is 6.14. The van der Waals surface area contributed by atoms with E-state index in [0.29, 0.717) is 19.6 Å². The quantitative estimate of drug-likeness (QED) is 0.192. The van der Waals surface area contributed by atoms with Crippen LogP contribution < -0.4 is 10.4 Å². The van der Waals surface area contributed by atoms with Gasteiger partial charge < -0.3 is 9.16 Å². The third-order valence-corrected chi connectivity index (χ3v) is 10.4. The van der Waals surface area contributed by atoms with Gasteiger partial charge in [0.2, 0.25) is 9.04 Å². The Labute approximate surface area is 242 Å². The van der Waals surface area contributed by atoms with E-state index >= 15 is 0 Å². The van der Waals surface area contributed by atoms with Gasteiger partial charge in [-0.25, -0.2) is 0 Å². The molecular weight excluding hydrogens is 510 g/mol. The summed E-state index contributed by atoms with van der Waals surface area (Å²) in [5.74, 6) is -0.0544. The number of likely N-dealkylation sites (tertiary alicyclic amines) is 1. The van der Waals surface area contributed by atoms with Crippen molar-refractivity contribution in [1.82, 2.24) is 4.90 Å². The second-order valence-corrected chi connectivity index (χ2v) is 15.5. The maximum atomic E-state index is 13.8. The van der Waals surface area contributed by atoms with Crippen LogP contribution in [0.3, 0.4) is 0 Å². The molecule has 3 aromatic carbocycles. The summed E-state index contributed by atoms with van der Waals surface area (Å²) in [4.78, 5) is 16.1. The van der Waals surface area contributed by atoms with Gasteiger partial charge in [0.05, 0.1) is 12.1 Å². The van der Waals surface area contributed by atoms with E-state index in [-0.39, 0.29) is 17.3 Å². The molecule has 0 spiro atoms. The molecule has 1 fully saturated rings. The highest BCUT2D eigenvalue weighted by atomic mass is 28.3. The van der Waals surface area contributed by atoms with Crippen molar-refractivity contribution in [3.05, 3.63) is 109 Å². The smallest absolute Gasteiger partial charge is 0.323 e. The first-order valence-corrected chi connectivity index (χ1v) is 16.0. The monoisotopic (exact) mass is 555 g/mol. The zero-order valence-electron chi connectivity index (χ0n) is 25.0. The molecule has 1 aliphatic rings. The number of hydrogen-bond acceptors (Lipinski definition) is 4. The number of esters is 1. The molecule has 212 valence electrons. The number of nitrogens with zero attached hydrogens (tertiary/aromatic N) is 1. The normalized spacial score (nSPS) is 21.9. The molecule has 0 aliphatic carbocycles. The predicted molar refractivity (Wildman–Crippen MR) is 167 cm³/mol. The molecule has 3 aromatic rings. The number of ether oxygens (including phenoxy) is 1. The van der Waals surface area contributed by atoms with Gasteiger partial charge in [-0.15, -0.1) is 6.58 Å². The molecule has 1 heterocycles. The maximum absolute atomic E-state index is 13.8. The molecule has 3 atom stereocenters. The van der Waals surface area contributed by atoms with E-state index in [1.54, 1.807) is 0 Å². The average Bonchev–Trinajstić information content (AvgIpc) is 3.24. The van der Waals surface area contributed by atoms with Crippen molar-refractivity contribution < 1.29 is 14.0 Å². The Kier molecular flexibility index (Phi) is 9.18. The highest BCUT2D eigenvalue weighted by Crippen LogP contribution is 2.50. The lowest BCUT2D eigenvalue weighted by Gasteiger charge is -2.46. The van der Waals surface area contributed by atoms with Crippen LogP contribution in [0.25, 0.3) is 0 Å². The van der Waals surface area contributed by atoms with Crippen molar-refractivity contribution in [1.29, 1.82) is 0 Å². The SMILES string of the molecule is C=C[C@]1(CO[SiH](c2ccccc2)c2ccccc2)[C@@H](C(C)(C)C)C[C@H](C(=O)OC(C)(C)C)N1Cc1ccccc1. The van der Waals surface area contributed by atoms with Crippen molar-refractivity contribution in [3.63, 3.8) is 0 Å². The van der Waals surface area contributed by atoms with E-state index in [0.717, 1.165) is 5.56 Å². The molecule has 4 nitrogen and oxygen atoms in total. The summed E-state index contributed by atoms with van der Waals surface area (Å²) in [5.41, 5.74) is -0.0808. The topological polar surface area (TPSA) is 38.8 Å². The lowest BCUT2D eigenvalue weighted by atomic mass is 9.69. The summed E-state index contributed by atoms with van der Waals surface area (Å²) in [6, 6.07) is 31.1. The van der Waals surface area contributed by atoms with Gasteiger partial charge in [-0.3, -0.25) is 9.69 Å². The molecule has 5 heteroatoms. The fraction of sp³-hybridized carbons (Fsp3) is 0.400. The van der Waals surface area contributed by atoms with Crippen LogP contribution >= 0.6 is 0 Å². The van der Waals surface area contributed by atoms with Gasteiger partial charge in [0.25, 0.3) is 0 Å². The highest BCUT2D eigenvalue weighted by molar-refractivity contribution is 6.80. The molecule has 0 aromatic heterocycles. The van der Waals surface area contributed by atoms with Crippen LogP contribution in [0.4, 0.5) is 0 Å². The standard InChI is InChI=1S/C35H45NO3Si/c1-8-35(26-38-40(28-20-14-10-15-21-28)29-22-16-11-17-23-29)31(33(2,3)4)24-30(32(37)39-34(5,6)7)36(35)25-27-18-12-9-13-19-27/h8-23,30-31,40H,1,24-26H2,2-7H3/t30-,31-,35+/m1/s1. The highest BCUT2D eigenvalue weighted by Gasteiger charge is 2.58. The Morgan fingerprint density at radius 1 is 0.900 bits per heavy atom. The number of rotatable bonds is 9. The summed E-state index contributed by atoms with van der Waals surface area (Å²) >= 11 is 0. The van der Waals surface area contributed by atoms with E-state index < -0.39 is 26.2 Å². The second kappa shape index (κ2) is 12.3. The van der Waals surface area contributed by atoms with Gasteiger partial charge in [-0.2, -0.15) is 0 Å². The van der Waals surface area contributed by atoms with Crippen molar-refractivity contribution in [2.24, 2.45) is 11.3 Å².